The van der Waals surface area contributed by atoms with Gasteiger partial charge < -0.3 is 15.8 Å². The molecular weight excluding hydrogens is 368 g/mol. The van der Waals surface area contributed by atoms with Crippen LogP contribution in [0, 0.1) is 5.41 Å². The molecule has 1 aliphatic rings. The molecule has 0 aliphatic carbocycles. The van der Waals surface area contributed by atoms with Gasteiger partial charge in [0.05, 0.1) is 24.2 Å². The average Bonchev–Trinajstić information content (AvgIpc) is 2.88. The highest BCUT2D eigenvalue weighted by atomic mass is 35.5. The molecule has 0 aromatic heterocycles. The number of halogens is 1. The van der Waals surface area contributed by atoms with Gasteiger partial charge in [-0.1, -0.05) is 6.92 Å². The summed E-state index contributed by atoms with van der Waals surface area (Å²) in [6.45, 7) is 4.44. The van der Waals surface area contributed by atoms with Gasteiger partial charge in [-0.15, -0.1) is 12.4 Å². The van der Waals surface area contributed by atoms with Crippen molar-refractivity contribution >= 4 is 34.0 Å². The number of likely N-dealkylation sites (tertiary alicyclic amines) is 1. The summed E-state index contributed by atoms with van der Waals surface area (Å²) in [4.78, 5) is 14.2. The van der Waals surface area contributed by atoms with Crippen LogP contribution in [-0.4, -0.2) is 52.5 Å². The van der Waals surface area contributed by atoms with Crippen LogP contribution in [0.5, 0.6) is 5.75 Å². The van der Waals surface area contributed by atoms with E-state index in [1.54, 1.807) is 0 Å². The molecule has 10 heteroatoms. The van der Waals surface area contributed by atoms with E-state index >= 15 is 0 Å². The SMILES string of the molecule is COc1ccc(S(N)(=O)=O)cc1NC(=O)CN1CCC(C)(CN)C1.Cl. The normalized spacial score (nSPS) is 20.8. The molecular formula is C15H25ClN4O4S. The molecule has 1 aliphatic heterocycles. The van der Waals surface area contributed by atoms with Crippen LogP contribution in [0.3, 0.4) is 0 Å². The van der Waals surface area contributed by atoms with Crippen LogP contribution in [0.4, 0.5) is 5.69 Å². The van der Waals surface area contributed by atoms with E-state index in [0.29, 0.717) is 12.3 Å². The third kappa shape index (κ3) is 5.55. The molecule has 1 atom stereocenters. The number of amides is 1. The molecule has 25 heavy (non-hydrogen) atoms. The summed E-state index contributed by atoms with van der Waals surface area (Å²) in [6, 6.07) is 4.08. The first kappa shape index (κ1) is 21.7. The number of hydrogen-bond acceptors (Lipinski definition) is 6. The third-order valence-electron chi connectivity index (χ3n) is 4.27. The molecule has 0 spiro atoms. The highest BCUT2D eigenvalue weighted by Crippen LogP contribution is 2.29. The smallest absolute Gasteiger partial charge is 0.238 e. The second-order valence-electron chi connectivity index (χ2n) is 6.43. The van der Waals surface area contributed by atoms with Crippen LogP contribution < -0.4 is 20.9 Å². The van der Waals surface area contributed by atoms with Gasteiger partial charge in [0.15, 0.2) is 0 Å². The van der Waals surface area contributed by atoms with E-state index in [-0.39, 0.29) is 40.9 Å². The van der Waals surface area contributed by atoms with Gasteiger partial charge in [0.2, 0.25) is 15.9 Å². The second-order valence-corrected chi connectivity index (χ2v) is 7.99. The first-order valence-corrected chi connectivity index (χ1v) is 9.15. The lowest BCUT2D eigenvalue weighted by Gasteiger charge is -2.22. The van der Waals surface area contributed by atoms with Crippen molar-refractivity contribution in [1.82, 2.24) is 4.90 Å². The summed E-state index contributed by atoms with van der Waals surface area (Å²) < 4.78 is 28.1. The fourth-order valence-electron chi connectivity index (χ4n) is 2.78. The molecule has 1 aromatic carbocycles. The molecule has 1 saturated heterocycles. The van der Waals surface area contributed by atoms with Gasteiger partial charge in [0, 0.05) is 6.54 Å². The molecule has 2 rings (SSSR count). The number of rotatable bonds is 6. The van der Waals surface area contributed by atoms with E-state index in [2.05, 4.69) is 12.2 Å². The number of primary sulfonamides is 1. The van der Waals surface area contributed by atoms with Gasteiger partial charge in [-0.3, -0.25) is 9.69 Å². The number of sulfonamides is 1. The first-order valence-electron chi connectivity index (χ1n) is 7.60. The summed E-state index contributed by atoms with van der Waals surface area (Å²) in [5.41, 5.74) is 6.07. The maximum Gasteiger partial charge on any atom is 0.238 e. The van der Waals surface area contributed by atoms with Crippen molar-refractivity contribution in [2.24, 2.45) is 16.3 Å². The number of carbonyl (C=O) groups excluding carboxylic acids is 1. The minimum absolute atomic E-state index is 0. The van der Waals surface area contributed by atoms with E-state index in [1.807, 2.05) is 4.90 Å². The number of ether oxygens (including phenoxy) is 1. The van der Waals surface area contributed by atoms with Crippen molar-refractivity contribution in [2.75, 3.05) is 38.6 Å². The van der Waals surface area contributed by atoms with Crippen molar-refractivity contribution < 1.29 is 17.9 Å². The van der Waals surface area contributed by atoms with Crippen LogP contribution in [-0.2, 0) is 14.8 Å². The van der Waals surface area contributed by atoms with E-state index in [0.717, 1.165) is 19.5 Å². The fraction of sp³-hybridized carbons (Fsp3) is 0.533. The maximum absolute atomic E-state index is 12.3. The second kappa shape index (κ2) is 8.33. The number of methoxy groups -OCH3 is 1. The van der Waals surface area contributed by atoms with Crippen LogP contribution in [0.15, 0.2) is 23.1 Å². The molecule has 1 heterocycles. The standard InChI is InChI=1S/C15H24N4O4S.ClH/c1-15(9-16)5-6-19(10-15)8-14(20)18-12-7-11(24(17,21)22)3-4-13(12)23-2;/h3-4,7H,5-6,8-10,16H2,1-2H3,(H,18,20)(H2,17,21,22);1H. The van der Waals surface area contributed by atoms with Crippen molar-refractivity contribution in [1.29, 1.82) is 0 Å². The van der Waals surface area contributed by atoms with Gasteiger partial charge in [-0.25, -0.2) is 13.6 Å². The molecule has 1 amide bonds. The van der Waals surface area contributed by atoms with Gasteiger partial charge >= 0.3 is 0 Å². The Morgan fingerprint density at radius 3 is 2.64 bits per heavy atom. The molecule has 0 saturated carbocycles. The lowest BCUT2D eigenvalue weighted by atomic mass is 9.90. The largest absolute Gasteiger partial charge is 0.495 e. The highest BCUT2D eigenvalue weighted by molar-refractivity contribution is 7.89. The molecule has 1 unspecified atom stereocenters. The van der Waals surface area contributed by atoms with Crippen LogP contribution in [0.25, 0.3) is 0 Å². The van der Waals surface area contributed by atoms with Crippen molar-refractivity contribution in [3.63, 3.8) is 0 Å². The lowest BCUT2D eigenvalue weighted by Crippen LogP contribution is -2.35. The molecule has 0 radical (unpaired) electrons. The van der Waals surface area contributed by atoms with Crippen molar-refractivity contribution in [3.8, 4) is 5.75 Å². The molecule has 5 N–H and O–H groups in total. The van der Waals surface area contributed by atoms with E-state index in [1.165, 1.54) is 25.3 Å². The maximum atomic E-state index is 12.3. The summed E-state index contributed by atoms with van der Waals surface area (Å²) in [7, 11) is -2.42. The minimum Gasteiger partial charge on any atom is -0.495 e. The van der Waals surface area contributed by atoms with Crippen LogP contribution in [0.1, 0.15) is 13.3 Å². The zero-order valence-electron chi connectivity index (χ0n) is 14.3. The Morgan fingerprint density at radius 1 is 1.44 bits per heavy atom. The Kier molecular flexibility index (Phi) is 7.21. The third-order valence-corrected chi connectivity index (χ3v) is 5.18. The van der Waals surface area contributed by atoms with Gasteiger partial charge in [-0.05, 0) is 43.1 Å². The number of nitrogens with two attached hydrogens (primary N) is 2. The van der Waals surface area contributed by atoms with Gasteiger partial charge in [-0.2, -0.15) is 0 Å². The first-order chi connectivity index (χ1) is 11.2. The zero-order valence-corrected chi connectivity index (χ0v) is 16.0. The average molecular weight is 393 g/mol. The molecule has 0 bridgehead atoms. The van der Waals surface area contributed by atoms with E-state index < -0.39 is 10.0 Å². The van der Waals surface area contributed by atoms with Gasteiger partial charge in [0.25, 0.3) is 0 Å². The van der Waals surface area contributed by atoms with E-state index in [4.69, 9.17) is 15.6 Å². The fourth-order valence-corrected chi connectivity index (χ4v) is 3.32. The molecule has 8 nitrogen and oxygen atoms in total. The Hall–Kier alpha value is -1.39. The summed E-state index contributed by atoms with van der Waals surface area (Å²) >= 11 is 0. The molecule has 1 aromatic rings. The zero-order chi connectivity index (χ0) is 18.0. The van der Waals surface area contributed by atoms with Crippen LogP contribution in [0.2, 0.25) is 0 Å². The number of carbonyl (C=O) groups is 1. The van der Waals surface area contributed by atoms with Crippen molar-refractivity contribution in [3.05, 3.63) is 18.2 Å². The van der Waals surface area contributed by atoms with Gasteiger partial charge in [0.1, 0.15) is 5.75 Å². The quantitative estimate of drug-likeness (QED) is 0.641. The summed E-state index contributed by atoms with van der Waals surface area (Å²) in [6.07, 6.45) is 0.945. The Morgan fingerprint density at radius 2 is 2.12 bits per heavy atom. The van der Waals surface area contributed by atoms with Crippen LogP contribution >= 0.6 is 12.4 Å². The molecule has 142 valence electrons. The topological polar surface area (TPSA) is 128 Å². The number of benzene rings is 1. The highest BCUT2D eigenvalue weighted by Gasteiger charge is 2.33. The Labute approximate surface area is 154 Å². The predicted molar refractivity (Wildman–Crippen MR) is 98.5 cm³/mol. The number of hydrogen-bond donors (Lipinski definition) is 3. The number of anilines is 1. The minimum atomic E-state index is -3.86. The van der Waals surface area contributed by atoms with E-state index in [9.17, 15) is 13.2 Å². The Bertz CT molecular complexity index is 728. The summed E-state index contributed by atoms with van der Waals surface area (Å²) in [5.74, 6) is 0.116. The number of nitrogens with zero attached hydrogens (tertiary/aromatic N) is 1. The lowest BCUT2D eigenvalue weighted by molar-refractivity contribution is -0.117. The number of nitrogens with one attached hydrogen (secondary N) is 1. The summed E-state index contributed by atoms with van der Waals surface area (Å²) in [5, 5.41) is 7.81. The Balaban J connectivity index is 0.00000312. The monoisotopic (exact) mass is 392 g/mol. The van der Waals surface area contributed by atoms with Crippen molar-refractivity contribution in [2.45, 2.75) is 18.2 Å². The predicted octanol–water partition coefficient (Wildman–Crippen LogP) is 0.374. The molecule has 1 fully saturated rings.